The molecule has 1 N–H and O–H groups in total. The molecule has 124 valence electrons. The second kappa shape index (κ2) is 8.82. The summed E-state index contributed by atoms with van der Waals surface area (Å²) >= 11 is 3.31. The molecule has 6 heteroatoms. The van der Waals surface area contributed by atoms with Crippen molar-refractivity contribution in [2.75, 3.05) is 19.6 Å². The van der Waals surface area contributed by atoms with Crippen molar-refractivity contribution in [2.24, 2.45) is 0 Å². The first kappa shape index (κ1) is 17.7. The van der Waals surface area contributed by atoms with E-state index < -0.39 is 0 Å². The molecule has 1 aliphatic heterocycles. The summed E-state index contributed by atoms with van der Waals surface area (Å²) in [5.74, 6) is -0.154. The Bertz CT molecular complexity index is 566. The number of ketones is 1. The van der Waals surface area contributed by atoms with Crippen LogP contribution in [0.15, 0.2) is 28.7 Å². The third-order valence-corrected chi connectivity index (χ3v) is 4.39. The lowest BCUT2D eigenvalue weighted by atomic mass is 10.1. The molecule has 0 saturated carbocycles. The summed E-state index contributed by atoms with van der Waals surface area (Å²) in [7, 11) is 0. The lowest BCUT2D eigenvalue weighted by molar-refractivity contribution is -0.130. The summed E-state index contributed by atoms with van der Waals surface area (Å²) < 4.78 is 0.912. The van der Waals surface area contributed by atoms with Gasteiger partial charge < -0.3 is 10.2 Å². The maximum absolute atomic E-state index is 12.0. The van der Waals surface area contributed by atoms with E-state index in [0.717, 1.165) is 30.4 Å². The molecule has 1 saturated heterocycles. The Labute approximate surface area is 144 Å². The van der Waals surface area contributed by atoms with Gasteiger partial charge in [0.1, 0.15) is 0 Å². The van der Waals surface area contributed by atoms with Crippen molar-refractivity contribution < 1.29 is 14.4 Å². The van der Waals surface area contributed by atoms with Crippen molar-refractivity contribution >= 4 is 33.5 Å². The lowest BCUT2D eigenvalue weighted by Gasteiger charge is -2.15. The molecule has 0 radical (unpaired) electrons. The topological polar surface area (TPSA) is 66.5 Å². The Kier molecular flexibility index (Phi) is 6.77. The van der Waals surface area contributed by atoms with Gasteiger partial charge in [-0.3, -0.25) is 14.4 Å². The highest BCUT2D eigenvalue weighted by Crippen LogP contribution is 2.12. The van der Waals surface area contributed by atoms with Crippen LogP contribution in [0.2, 0.25) is 0 Å². The van der Waals surface area contributed by atoms with Crippen LogP contribution in [-0.2, 0) is 9.59 Å². The minimum Gasteiger partial charge on any atom is -0.356 e. The molecule has 5 nitrogen and oxygen atoms in total. The number of carbonyl (C=O) groups excluding carboxylic acids is 3. The van der Waals surface area contributed by atoms with Gasteiger partial charge in [-0.05, 0) is 25.0 Å². The number of halogens is 1. The average molecular weight is 381 g/mol. The zero-order valence-electron chi connectivity index (χ0n) is 13.0. The van der Waals surface area contributed by atoms with Crippen molar-refractivity contribution in [2.45, 2.75) is 32.1 Å². The number of benzene rings is 1. The van der Waals surface area contributed by atoms with Crippen molar-refractivity contribution in [3.63, 3.8) is 0 Å². The van der Waals surface area contributed by atoms with E-state index in [1.165, 1.54) is 0 Å². The molecule has 1 fully saturated rings. The third-order valence-electron chi connectivity index (χ3n) is 3.87. The van der Waals surface area contributed by atoms with Crippen LogP contribution >= 0.6 is 15.9 Å². The minimum atomic E-state index is -0.190. The van der Waals surface area contributed by atoms with Crippen LogP contribution in [0.25, 0.3) is 0 Å². The second-order valence-corrected chi connectivity index (χ2v) is 6.53. The highest BCUT2D eigenvalue weighted by atomic mass is 79.9. The zero-order chi connectivity index (χ0) is 16.7. The van der Waals surface area contributed by atoms with Crippen LogP contribution in [0.5, 0.6) is 0 Å². The molecule has 0 bridgehead atoms. The average Bonchev–Trinajstić information content (AvgIpc) is 3.07. The number of hydrogen-bond donors (Lipinski definition) is 1. The third kappa shape index (κ3) is 5.78. The van der Waals surface area contributed by atoms with Gasteiger partial charge in [0.2, 0.25) is 11.8 Å². The van der Waals surface area contributed by atoms with Crippen LogP contribution in [0.1, 0.15) is 42.5 Å². The molecule has 1 aliphatic rings. The van der Waals surface area contributed by atoms with Crippen molar-refractivity contribution in [1.82, 2.24) is 10.2 Å². The number of carbonyl (C=O) groups is 3. The van der Waals surface area contributed by atoms with Gasteiger partial charge in [0.15, 0.2) is 5.78 Å². The molecular weight excluding hydrogens is 360 g/mol. The molecule has 1 heterocycles. The van der Waals surface area contributed by atoms with Crippen molar-refractivity contribution in [3.05, 3.63) is 34.3 Å². The number of nitrogens with zero attached hydrogens (tertiary/aromatic N) is 1. The maximum atomic E-state index is 12.0. The summed E-state index contributed by atoms with van der Waals surface area (Å²) in [6.45, 7) is 1.99. The van der Waals surface area contributed by atoms with E-state index in [9.17, 15) is 14.4 Å². The quantitative estimate of drug-likeness (QED) is 0.739. The molecule has 0 spiro atoms. The molecule has 0 aromatic heterocycles. The van der Waals surface area contributed by atoms with Crippen LogP contribution in [-0.4, -0.2) is 42.1 Å². The predicted molar refractivity (Wildman–Crippen MR) is 91.1 cm³/mol. The molecular formula is C17H21BrN2O3. The number of hydrogen-bond acceptors (Lipinski definition) is 3. The second-order valence-electron chi connectivity index (χ2n) is 5.62. The van der Waals surface area contributed by atoms with E-state index in [4.69, 9.17) is 0 Å². The van der Waals surface area contributed by atoms with Gasteiger partial charge in [-0.2, -0.15) is 0 Å². The molecule has 1 aromatic carbocycles. The van der Waals surface area contributed by atoms with Gasteiger partial charge in [-0.25, -0.2) is 0 Å². The largest absolute Gasteiger partial charge is 0.356 e. The van der Waals surface area contributed by atoms with Gasteiger partial charge in [-0.15, -0.1) is 0 Å². The Hall–Kier alpha value is -1.69. The zero-order valence-corrected chi connectivity index (χ0v) is 14.6. The van der Waals surface area contributed by atoms with Gasteiger partial charge >= 0.3 is 0 Å². The number of Topliss-reactive ketones (excluding diaryl/α,β-unsaturated/α-hetero) is 1. The number of amides is 2. The first-order valence-electron chi connectivity index (χ1n) is 7.89. The number of nitrogens with one attached hydrogen (secondary N) is 1. The van der Waals surface area contributed by atoms with E-state index in [2.05, 4.69) is 21.2 Å². The van der Waals surface area contributed by atoms with Crippen molar-refractivity contribution in [3.8, 4) is 0 Å². The Balaban J connectivity index is 1.63. The molecule has 2 amide bonds. The molecule has 0 unspecified atom stereocenters. The minimum absolute atomic E-state index is 0.0548. The highest BCUT2D eigenvalue weighted by Gasteiger charge is 2.17. The van der Waals surface area contributed by atoms with E-state index in [1.807, 2.05) is 4.90 Å². The van der Waals surface area contributed by atoms with Crippen LogP contribution in [0.3, 0.4) is 0 Å². The normalized spacial score (nSPS) is 13.9. The fourth-order valence-electron chi connectivity index (χ4n) is 2.53. The van der Waals surface area contributed by atoms with Gasteiger partial charge in [0, 0.05) is 48.9 Å². The number of rotatable bonds is 7. The highest BCUT2D eigenvalue weighted by molar-refractivity contribution is 9.10. The summed E-state index contributed by atoms with van der Waals surface area (Å²) in [4.78, 5) is 37.4. The first-order chi connectivity index (χ1) is 11.1. The molecule has 0 aliphatic carbocycles. The Morgan fingerprint density at radius 2 is 1.65 bits per heavy atom. The summed E-state index contributed by atoms with van der Waals surface area (Å²) in [6.07, 6.45) is 2.78. The fraction of sp³-hybridized carbons (Fsp3) is 0.471. The molecule has 0 atom stereocenters. The monoisotopic (exact) mass is 380 g/mol. The standard InChI is InChI=1S/C17H21BrN2O3/c18-14-5-3-13(4-6-14)15(21)7-8-16(22)19-10-9-17(23)20-11-1-2-12-20/h3-6H,1-2,7-12H2,(H,19,22). The predicted octanol–water partition coefficient (Wildman–Crippen LogP) is 2.54. The first-order valence-corrected chi connectivity index (χ1v) is 8.69. The van der Waals surface area contributed by atoms with Crippen LogP contribution in [0, 0.1) is 0 Å². The van der Waals surface area contributed by atoms with E-state index >= 15 is 0 Å². The van der Waals surface area contributed by atoms with E-state index in [-0.39, 0.29) is 30.4 Å². The Morgan fingerprint density at radius 3 is 2.30 bits per heavy atom. The van der Waals surface area contributed by atoms with E-state index in [1.54, 1.807) is 24.3 Å². The van der Waals surface area contributed by atoms with Crippen LogP contribution < -0.4 is 5.32 Å². The number of likely N-dealkylation sites (tertiary alicyclic amines) is 1. The maximum Gasteiger partial charge on any atom is 0.224 e. The van der Waals surface area contributed by atoms with Gasteiger partial charge in [0.05, 0.1) is 0 Å². The van der Waals surface area contributed by atoms with Crippen molar-refractivity contribution in [1.29, 1.82) is 0 Å². The summed E-state index contributed by atoms with van der Waals surface area (Å²) in [5, 5.41) is 2.71. The molecule has 23 heavy (non-hydrogen) atoms. The van der Waals surface area contributed by atoms with Gasteiger partial charge in [-0.1, -0.05) is 28.1 Å². The lowest BCUT2D eigenvalue weighted by Crippen LogP contribution is -2.32. The Morgan fingerprint density at radius 1 is 1.00 bits per heavy atom. The summed E-state index contributed by atoms with van der Waals surface area (Å²) in [6, 6.07) is 7.08. The molecule has 2 rings (SSSR count). The smallest absolute Gasteiger partial charge is 0.224 e. The SMILES string of the molecule is O=C(CCC(=O)c1ccc(Br)cc1)NCCC(=O)N1CCCC1. The van der Waals surface area contributed by atoms with Gasteiger partial charge in [0.25, 0.3) is 0 Å². The van der Waals surface area contributed by atoms with E-state index in [0.29, 0.717) is 18.5 Å². The van der Waals surface area contributed by atoms with Crippen LogP contribution in [0.4, 0.5) is 0 Å². The summed E-state index contributed by atoms with van der Waals surface area (Å²) in [5.41, 5.74) is 0.602. The fourth-order valence-corrected chi connectivity index (χ4v) is 2.79. The molecule has 1 aromatic rings.